The Labute approximate surface area is 114 Å². The van der Waals surface area contributed by atoms with Gasteiger partial charge in [0.05, 0.1) is 6.10 Å². The Hall–Kier alpha value is -1.55. The van der Waals surface area contributed by atoms with Crippen LogP contribution in [0, 0.1) is 5.92 Å². The molecule has 1 aliphatic heterocycles. The topological polar surface area (TPSA) is 66.6 Å². The van der Waals surface area contributed by atoms with Crippen molar-refractivity contribution in [2.24, 2.45) is 11.7 Å². The lowest BCUT2D eigenvalue weighted by molar-refractivity contribution is -0.121. The van der Waals surface area contributed by atoms with Crippen LogP contribution in [0.2, 0.25) is 0 Å². The van der Waals surface area contributed by atoms with Gasteiger partial charge in [-0.15, -0.1) is 0 Å². The molecule has 2 rings (SSSR count). The van der Waals surface area contributed by atoms with Gasteiger partial charge in [-0.25, -0.2) is 0 Å². The van der Waals surface area contributed by atoms with E-state index in [0.717, 1.165) is 24.2 Å². The third kappa shape index (κ3) is 3.07. The van der Waals surface area contributed by atoms with Crippen LogP contribution in [0.4, 0.5) is 5.69 Å². The van der Waals surface area contributed by atoms with Crippen LogP contribution in [0.1, 0.15) is 31.7 Å². The van der Waals surface area contributed by atoms with Crippen LogP contribution in [0.15, 0.2) is 24.3 Å². The van der Waals surface area contributed by atoms with Gasteiger partial charge in [0.2, 0.25) is 5.91 Å². The van der Waals surface area contributed by atoms with Crippen molar-refractivity contribution in [3.63, 3.8) is 0 Å². The molecular formula is C15H22N2O2. The van der Waals surface area contributed by atoms with E-state index in [9.17, 15) is 9.90 Å². The van der Waals surface area contributed by atoms with E-state index < -0.39 is 0 Å². The molecule has 1 unspecified atom stereocenters. The Kier molecular flexibility index (Phi) is 4.10. The summed E-state index contributed by atoms with van der Waals surface area (Å²) in [5, 5.41) is 9.54. The molecule has 3 atom stereocenters. The summed E-state index contributed by atoms with van der Waals surface area (Å²) in [4.78, 5) is 13.4. The van der Waals surface area contributed by atoms with Crippen LogP contribution >= 0.6 is 0 Å². The fourth-order valence-electron chi connectivity index (χ4n) is 2.50. The molecule has 104 valence electrons. The van der Waals surface area contributed by atoms with Crippen LogP contribution in [0.25, 0.3) is 0 Å². The average molecular weight is 262 g/mol. The Morgan fingerprint density at radius 2 is 2.00 bits per heavy atom. The van der Waals surface area contributed by atoms with Gasteiger partial charge < -0.3 is 15.7 Å². The highest BCUT2D eigenvalue weighted by molar-refractivity contribution is 5.77. The molecule has 1 amide bonds. The molecule has 0 aromatic heterocycles. The summed E-state index contributed by atoms with van der Waals surface area (Å²) < 4.78 is 0. The summed E-state index contributed by atoms with van der Waals surface area (Å²) in [6.45, 7) is 5.47. The van der Waals surface area contributed by atoms with Gasteiger partial charge in [-0.1, -0.05) is 26.0 Å². The van der Waals surface area contributed by atoms with Crippen LogP contribution in [-0.4, -0.2) is 30.2 Å². The summed E-state index contributed by atoms with van der Waals surface area (Å²) >= 11 is 0. The molecule has 4 nitrogen and oxygen atoms in total. The normalized spacial score (nSPS) is 22.3. The van der Waals surface area contributed by atoms with Gasteiger partial charge in [-0.2, -0.15) is 0 Å². The number of benzene rings is 1. The van der Waals surface area contributed by atoms with Gasteiger partial charge in [-0.3, -0.25) is 4.79 Å². The fourth-order valence-corrected chi connectivity index (χ4v) is 2.50. The highest BCUT2D eigenvalue weighted by Crippen LogP contribution is 2.27. The van der Waals surface area contributed by atoms with Crippen molar-refractivity contribution in [2.75, 3.05) is 18.0 Å². The standard InChI is InChI=1S/C15H22N2O2/c1-10(11(2)15(16)19)12-3-5-13(6-4-12)17-8-7-14(18)9-17/h3-6,10-11,14,18H,7-9H2,1-2H3,(H2,16,19)/t10-,11?,14+/m0/s1. The van der Waals surface area contributed by atoms with Crippen molar-refractivity contribution in [1.82, 2.24) is 0 Å². The summed E-state index contributed by atoms with van der Waals surface area (Å²) in [7, 11) is 0. The predicted molar refractivity (Wildman–Crippen MR) is 76.1 cm³/mol. The second kappa shape index (κ2) is 5.61. The van der Waals surface area contributed by atoms with Crippen LogP contribution in [0.3, 0.4) is 0 Å². The van der Waals surface area contributed by atoms with E-state index in [1.807, 2.05) is 26.0 Å². The number of nitrogens with two attached hydrogens (primary N) is 1. The molecule has 0 radical (unpaired) electrons. The zero-order chi connectivity index (χ0) is 14.0. The SMILES string of the molecule is CC(C(N)=O)[C@H](C)c1ccc(N2CC[C@@H](O)C2)cc1. The van der Waals surface area contributed by atoms with Gasteiger partial charge in [-0.05, 0) is 30.0 Å². The van der Waals surface area contributed by atoms with E-state index in [1.165, 1.54) is 0 Å². The zero-order valence-electron chi connectivity index (χ0n) is 11.5. The van der Waals surface area contributed by atoms with Crippen molar-refractivity contribution in [1.29, 1.82) is 0 Å². The van der Waals surface area contributed by atoms with Crippen LogP contribution < -0.4 is 10.6 Å². The van der Waals surface area contributed by atoms with Gasteiger partial charge in [0.25, 0.3) is 0 Å². The first kappa shape index (κ1) is 13.9. The van der Waals surface area contributed by atoms with E-state index >= 15 is 0 Å². The van der Waals surface area contributed by atoms with E-state index in [-0.39, 0.29) is 23.8 Å². The van der Waals surface area contributed by atoms with Crippen LogP contribution in [-0.2, 0) is 4.79 Å². The molecule has 1 heterocycles. The van der Waals surface area contributed by atoms with Gasteiger partial charge in [0.1, 0.15) is 0 Å². The molecule has 1 saturated heterocycles. The number of β-amino-alcohol motifs (C(OH)–C–C–N with tert-alkyl or cyclic N) is 1. The molecule has 0 aliphatic carbocycles. The number of aliphatic hydroxyl groups is 1. The number of hydrogen-bond donors (Lipinski definition) is 2. The molecule has 3 N–H and O–H groups in total. The number of hydrogen-bond acceptors (Lipinski definition) is 3. The third-order valence-corrected chi connectivity index (χ3v) is 4.15. The van der Waals surface area contributed by atoms with Crippen molar-refractivity contribution in [3.8, 4) is 0 Å². The lowest BCUT2D eigenvalue weighted by atomic mass is 9.88. The zero-order valence-corrected chi connectivity index (χ0v) is 11.5. The molecule has 0 spiro atoms. The summed E-state index contributed by atoms with van der Waals surface area (Å²) in [6, 6.07) is 8.20. The average Bonchev–Trinajstić information content (AvgIpc) is 2.84. The second-order valence-electron chi connectivity index (χ2n) is 5.46. The van der Waals surface area contributed by atoms with Crippen molar-refractivity contribution in [3.05, 3.63) is 29.8 Å². The highest BCUT2D eigenvalue weighted by Gasteiger charge is 2.22. The second-order valence-corrected chi connectivity index (χ2v) is 5.46. The van der Waals surface area contributed by atoms with Crippen molar-refractivity contribution < 1.29 is 9.90 Å². The Balaban J connectivity index is 2.08. The smallest absolute Gasteiger partial charge is 0.220 e. The van der Waals surface area contributed by atoms with E-state index in [0.29, 0.717) is 6.54 Å². The lowest BCUT2D eigenvalue weighted by Crippen LogP contribution is -2.25. The number of amides is 1. The number of carbonyl (C=O) groups excluding carboxylic acids is 1. The first-order valence-corrected chi connectivity index (χ1v) is 6.81. The first-order chi connectivity index (χ1) is 8.99. The highest BCUT2D eigenvalue weighted by atomic mass is 16.3. The summed E-state index contributed by atoms with van der Waals surface area (Å²) in [6.07, 6.45) is 0.616. The molecule has 0 bridgehead atoms. The molecule has 1 aromatic carbocycles. The maximum absolute atomic E-state index is 11.2. The number of carbonyl (C=O) groups is 1. The Bertz CT molecular complexity index is 444. The first-order valence-electron chi connectivity index (χ1n) is 6.81. The Morgan fingerprint density at radius 3 is 2.47 bits per heavy atom. The largest absolute Gasteiger partial charge is 0.391 e. The molecule has 4 heteroatoms. The van der Waals surface area contributed by atoms with Gasteiger partial charge >= 0.3 is 0 Å². The fraction of sp³-hybridized carbons (Fsp3) is 0.533. The van der Waals surface area contributed by atoms with E-state index in [2.05, 4.69) is 17.0 Å². The molecule has 1 fully saturated rings. The minimum atomic E-state index is -0.265. The maximum Gasteiger partial charge on any atom is 0.220 e. The lowest BCUT2D eigenvalue weighted by Gasteiger charge is -2.21. The minimum Gasteiger partial charge on any atom is -0.391 e. The van der Waals surface area contributed by atoms with Crippen molar-refractivity contribution in [2.45, 2.75) is 32.3 Å². The van der Waals surface area contributed by atoms with Gasteiger partial charge in [0, 0.05) is 24.7 Å². The molecule has 19 heavy (non-hydrogen) atoms. The number of primary amides is 1. The van der Waals surface area contributed by atoms with E-state index in [1.54, 1.807) is 0 Å². The Morgan fingerprint density at radius 1 is 1.37 bits per heavy atom. The monoisotopic (exact) mass is 262 g/mol. The van der Waals surface area contributed by atoms with E-state index in [4.69, 9.17) is 5.73 Å². The minimum absolute atomic E-state index is 0.121. The number of rotatable bonds is 4. The third-order valence-electron chi connectivity index (χ3n) is 4.15. The maximum atomic E-state index is 11.2. The molecule has 1 aromatic rings. The predicted octanol–water partition coefficient (Wildman–Crippen LogP) is 1.48. The molecular weight excluding hydrogens is 240 g/mol. The van der Waals surface area contributed by atoms with Crippen molar-refractivity contribution >= 4 is 11.6 Å². The number of anilines is 1. The number of nitrogens with zero attached hydrogens (tertiary/aromatic N) is 1. The summed E-state index contributed by atoms with van der Waals surface area (Å²) in [5.41, 5.74) is 7.59. The quantitative estimate of drug-likeness (QED) is 0.863. The summed E-state index contributed by atoms with van der Waals surface area (Å²) in [5.74, 6) is -0.311. The van der Waals surface area contributed by atoms with Crippen LogP contribution in [0.5, 0.6) is 0 Å². The van der Waals surface area contributed by atoms with Gasteiger partial charge in [0.15, 0.2) is 0 Å². The molecule has 1 aliphatic rings. The molecule has 0 saturated carbocycles. The number of aliphatic hydroxyl groups excluding tert-OH is 1.